The van der Waals surface area contributed by atoms with Crippen LogP contribution in [0.2, 0.25) is 0 Å². The predicted octanol–water partition coefficient (Wildman–Crippen LogP) is 0.536. The van der Waals surface area contributed by atoms with E-state index in [1.807, 2.05) is 0 Å². The van der Waals surface area contributed by atoms with Gasteiger partial charge in [-0.1, -0.05) is 0 Å². The van der Waals surface area contributed by atoms with E-state index in [0.717, 1.165) is 12.8 Å². The Labute approximate surface area is 121 Å². The quantitative estimate of drug-likeness (QED) is 0.833. The van der Waals surface area contributed by atoms with Gasteiger partial charge in [0.15, 0.2) is 0 Å². The van der Waals surface area contributed by atoms with Crippen LogP contribution in [0.5, 0.6) is 5.75 Å². The zero-order valence-electron chi connectivity index (χ0n) is 11.7. The molecule has 21 heavy (non-hydrogen) atoms. The van der Waals surface area contributed by atoms with Crippen LogP contribution in [-0.4, -0.2) is 46.5 Å². The summed E-state index contributed by atoms with van der Waals surface area (Å²) in [6.45, 7) is 0.517. The van der Waals surface area contributed by atoms with Crippen molar-refractivity contribution in [1.29, 1.82) is 0 Å². The molecule has 1 aliphatic rings. The second-order valence-corrected chi connectivity index (χ2v) is 5.33. The molecule has 0 atom stereocenters. The van der Waals surface area contributed by atoms with Crippen LogP contribution in [0.4, 0.5) is 0 Å². The van der Waals surface area contributed by atoms with Gasteiger partial charge < -0.3 is 15.2 Å². The summed E-state index contributed by atoms with van der Waals surface area (Å²) in [6.07, 6.45) is 1.86. The Morgan fingerprint density at radius 3 is 2.86 bits per heavy atom. The van der Waals surface area contributed by atoms with Crippen molar-refractivity contribution in [2.24, 2.45) is 5.41 Å². The molecule has 0 aliphatic heterocycles. The molecular formula is C14H16N4O3. The molecule has 0 spiro atoms. The minimum Gasteiger partial charge on any atom is -0.497 e. The first-order valence-corrected chi connectivity index (χ1v) is 6.73. The number of benzene rings is 1. The van der Waals surface area contributed by atoms with Gasteiger partial charge in [-0.15, -0.1) is 10.2 Å². The number of hydrogen-bond acceptors (Lipinski definition) is 6. The Kier molecular flexibility index (Phi) is 3.42. The first-order valence-electron chi connectivity index (χ1n) is 6.73. The lowest BCUT2D eigenvalue weighted by Gasteiger charge is -2.11. The third kappa shape index (κ3) is 2.78. The Morgan fingerprint density at radius 1 is 1.38 bits per heavy atom. The Morgan fingerprint density at radius 2 is 2.19 bits per heavy atom. The largest absolute Gasteiger partial charge is 0.497 e. The fourth-order valence-electron chi connectivity index (χ4n) is 2.05. The van der Waals surface area contributed by atoms with E-state index >= 15 is 0 Å². The summed E-state index contributed by atoms with van der Waals surface area (Å²) in [5, 5.41) is 19.8. The molecule has 2 aromatic rings. The number of rotatable bonds is 5. The standard InChI is InChI=1S/C14H16N4O3/c1-21-9-2-3-10-11(6-9)16-12(18-17-10)13(20)15-7-14(8-19)4-5-14/h2-3,6,19H,4-5,7-8H2,1H3,(H,15,20). The van der Waals surface area contributed by atoms with E-state index < -0.39 is 0 Å². The summed E-state index contributed by atoms with van der Waals surface area (Å²) >= 11 is 0. The number of amides is 1. The van der Waals surface area contributed by atoms with E-state index in [0.29, 0.717) is 23.3 Å². The topological polar surface area (TPSA) is 97.2 Å². The number of nitrogens with one attached hydrogen (secondary N) is 1. The minimum atomic E-state index is -0.382. The molecule has 1 aliphatic carbocycles. The lowest BCUT2D eigenvalue weighted by atomic mass is 10.1. The molecule has 1 saturated carbocycles. The normalized spacial score (nSPS) is 15.7. The summed E-state index contributed by atoms with van der Waals surface area (Å²) in [4.78, 5) is 16.2. The van der Waals surface area contributed by atoms with Crippen molar-refractivity contribution in [3.05, 3.63) is 24.0 Å². The van der Waals surface area contributed by atoms with Crippen molar-refractivity contribution in [2.75, 3.05) is 20.3 Å². The zero-order valence-corrected chi connectivity index (χ0v) is 11.7. The maximum absolute atomic E-state index is 12.0. The number of ether oxygens (including phenoxy) is 1. The van der Waals surface area contributed by atoms with Gasteiger partial charge in [0.05, 0.1) is 19.2 Å². The number of aliphatic hydroxyl groups is 1. The lowest BCUT2D eigenvalue weighted by molar-refractivity contribution is 0.0924. The van der Waals surface area contributed by atoms with Gasteiger partial charge in [0.2, 0.25) is 5.82 Å². The fraction of sp³-hybridized carbons (Fsp3) is 0.429. The Bertz CT molecular complexity index is 685. The summed E-state index contributed by atoms with van der Waals surface area (Å²) < 4.78 is 5.12. The molecule has 7 heteroatoms. The van der Waals surface area contributed by atoms with Crippen LogP contribution < -0.4 is 10.1 Å². The highest BCUT2D eigenvalue weighted by Gasteiger charge is 2.42. The molecule has 110 valence electrons. The summed E-state index contributed by atoms with van der Waals surface area (Å²) in [6, 6.07) is 5.20. The van der Waals surface area contributed by atoms with Crippen LogP contribution in [-0.2, 0) is 0 Å². The molecule has 0 unspecified atom stereocenters. The fourth-order valence-corrected chi connectivity index (χ4v) is 2.05. The molecule has 0 bridgehead atoms. The van der Waals surface area contributed by atoms with Crippen LogP contribution in [0.15, 0.2) is 18.2 Å². The molecule has 3 rings (SSSR count). The average Bonchev–Trinajstić information content (AvgIpc) is 3.32. The second kappa shape index (κ2) is 5.25. The van der Waals surface area contributed by atoms with Gasteiger partial charge in [0, 0.05) is 18.0 Å². The third-order valence-electron chi connectivity index (χ3n) is 3.78. The number of carbonyl (C=O) groups is 1. The van der Waals surface area contributed by atoms with E-state index in [4.69, 9.17) is 4.74 Å². The van der Waals surface area contributed by atoms with Crippen molar-refractivity contribution in [3.8, 4) is 5.75 Å². The van der Waals surface area contributed by atoms with Gasteiger partial charge in [-0.05, 0) is 25.0 Å². The van der Waals surface area contributed by atoms with Gasteiger partial charge in [-0.2, -0.15) is 0 Å². The molecule has 1 aromatic carbocycles. The smallest absolute Gasteiger partial charge is 0.291 e. The van der Waals surface area contributed by atoms with Gasteiger partial charge in [-0.3, -0.25) is 4.79 Å². The molecule has 0 saturated heterocycles. The maximum atomic E-state index is 12.0. The van der Waals surface area contributed by atoms with Crippen LogP contribution in [0.25, 0.3) is 11.0 Å². The molecule has 1 heterocycles. The highest BCUT2D eigenvalue weighted by molar-refractivity contribution is 5.92. The maximum Gasteiger partial charge on any atom is 0.291 e. The first-order chi connectivity index (χ1) is 10.2. The van der Waals surface area contributed by atoms with Gasteiger partial charge in [0.25, 0.3) is 5.91 Å². The summed E-state index contributed by atoms with van der Waals surface area (Å²) in [5.74, 6) is 0.281. The third-order valence-corrected chi connectivity index (χ3v) is 3.78. The zero-order chi connectivity index (χ0) is 14.9. The number of nitrogens with zero attached hydrogens (tertiary/aromatic N) is 3. The minimum absolute atomic E-state index is 0.0180. The summed E-state index contributed by atoms with van der Waals surface area (Å²) in [5.41, 5.74) is 1.00. The van der Waals surface area contributed by atoms with Crippen molar-refractivity contribution in [2.45, 2.75) is 12.8 Å². The van der Waals surface area contributed by atoms with E-state index in [-0.39, 0.29) is 23.8 Å². The highest BCUT2D eigenvalue weighted by atomic mass is 16.5. The number of methoxy groups -OCH3 is 1. The molecule has 2 N–H and O–H groups in total. The second-order valence-electron chi connectivity index (χ2n) is 5.33. The van der Waals surface area contributed by atoms with E-state index in [9.17, 15) is 9.90 Å². The van der Waals surface area contributed by atoms with Gasteiger partial charge in [0.1, 0.15) is 11.3 Å². The monoisotopic (exact) mass is 288 g/mol. The molecule has 1 aromatic heterocycles. The number of hydrogen-bond donors (Lipinski definition) is 2. The van der Waals surface area contributed by atoms with E-state index in [1.165, 1.54) is 0 Å². The van der Waals surface area contributed by atoms with E-state index in [2.05, 4.69) is 20.5 Å². The van der Waals surface area contributed by atoms with Crippen LogP contribution in [0, 0.1) is 5.41 Å². The average molecular weight is 288 g/mol. The Balaban J connectivity index is 1.78. The van der Waals surface area contributed by atoms with Crippen molar-refractivity contribution in [3.63, 3.8) is 0 Å². The molecule has 1 fully saturated rings. The highest BCUT2D eigenvalue weighted by Crippen LogP contribution is 2.44. The van der Waals surface area contributed by atoms with Crippen molar-refractivity contribution in [1.82, 2.24) is 20.5 Å². The van der Waals surface area contributed by atoms with Crippen LogP contribution in [0.3, 0.4) is 0 Å². The van der Waals surface area contributed by atoms with Crippen molar-refractivity contribution >= 4 is 16.9 Å². The lowest BCUT2D eigenvalue weighted by Crippen LogP contribution is -2.33. The summed E-state index contributed by atoms with van der Waals surface area (Å²) in [7, 11) is 1.56. The number of carbonyl (C=O) groups excluding carboxylic acids is 1. The predicted molar refractivity (Wildman–Crippen MR) is 75.0 cm³/mol. The molecule has 1 amide bonds. The number of fused-ring (bicyclic) bond motifs is 1. The SMILES string of the molecule is COc1ccc2nnc(C(=O)NCC3(CO)CC3)nc2c1. The molecular weight excluding hydrogens is 272 g/mol. The van der Waals surface area contributed by atoms with Gasteiger partial charge in [-0.25, -0.2) is 4.98 Å². The first kappa shape index (κ1) is 13.7. The van der Waals surface area contributed by atoms with Crippen LogP contribution >= 0.6 is 0 Å². The van der Waals surface area contributed by atoms with Crippen LogP contribution in [0.1, 0.15) is 23.5 Å². The number of aliphatic hydroxyl groups excluding tert-OH is 1. The number of aromatic nitrogens is 3. The van der Waals surface area contributed by atoms with Gasteiger partial charge >= 0.3 is 0 Å². The molecule has 7 nitrogen and oxygen atoms in total. The Hall–Kier alpha value is -2.28. The van der Waals surface area contributed by atoms with Crippen molar-refractivity contribution < 1.29 is 14.6 Å². The molecule has 0 radical (unpaired) electrons. The van der Waals surface area contributed by atoms with E-state index in [1.54, 1.807) is 25.3 Å².